The highest BCUT2D eigenvalue weighted by atomic mass is 32.2. The molecule has 130 valence electrons. The van der Waals surface area contributed by atoms with Crippen molar-refractivity contribution in [1.82, 2.24) is 13.8 Å². The van der Waals surface area contributed by atoms with Gasteiger partial charge in [-0.15, -0.1) is 0 Å². The predicted molar refractivity (Wildman–Crippen MR) is 88.6 cm³/mol. The molecule has 2 heterocycles. The predicted octanol–water partition coefficient (Wildman–Crippen LogP) is -0.182. The number of piperazine rings is 1. The molecule has 0 amide bonds. The molecule has 0 aliphatic carbocycles. The summed E-state index contributed by atoms with van der Waals surface area (Å²) in [6.07, 6.45) is 0. The first-order valence-electron chi connectivity index (χ1n) is 7.71. The van der Waals surface area contributed by atoms with Crippen LogP contribution in [0.25, 0.3) is 10.9 Å². The Bertz CT molecular complexity index is 984. The van der Waals surface area contributed by atoms with Crippen LogP contribution >= 0.6 is 0 Å². The molecule has 1 saturated heterocycles. The minimum Gasteiger partial charge on any atom is -0.372 e. The SMILES string of the molecule is CCN1CCN(S(=O)(=O)c2ccc3c(c2)c(=O)oc(=O)n3C)CC1. The lowest BCUT2D eigenvalue weighted by molar-refractivity contribution is 0.196. The Morgan fingerprint density at radius 3 is 2.42 bits per heavy atom. The van der Waals surface area contributed by atoms with E-state index in [9.17, 15) is 18.0 Å². The lowest BCUT2D eigenvalue weighted by Crippen LogP contribution is -2.48. The largest absolute Gasteiger partial charge is 0.422 e. The van der Waals surface area contributed by atoms with Crippen molar-refractivity contribution in [3.8, 4) is 0 Å². The summed E-state index contributed by atoms with van der Waals surface area (Å²) in [7, 11) is -2.22. The van der Waals surface area contributed by atoms with Crippen molar-refractivity contribution in [1.29, 1.82) is 0 Å². The maximum atomic E-state index is 12.8. The fraction of sp³-hybridized carbons (Fsp3) is 0.467. The third-order valence-electron chi connectivity index (χ3n) is 4.42. The van der Waals surface area contributed by atoms with E-state index < -0.39 is 21.4 Å². The summed E-state index contributed by atoms with van der Waals surface area (Å²) >= 11 is 0. The Hall–Kier alpha value is -1.97. The van der Waals surface area contributed by atoms with Crippen LogP contribution in [0.4, 0.5) is 0 Å². The van der Waals surface area contributed by atoms with Gasteiger partial charge in [-0.1, -0.05) is 6.92 Å². The van der Waals surface area contributed by atoms with E-state index in [1.54, 1.807) is 0 Å². The number of aryl methyl sites for hydroxylation is 1. The Kier molecular flexibility index (Phi) is 4.33. The van der Waals surface area contributed by atoms with Crippen LogP contribution in [0.3, 0.4) is 0 Å². The van der Waals surface area contributed by atoms with Gasteiger partial charge in [0.05, 0.1) is 15.8 Å². The number of likely N-dealkylation sites (N-methyl/N-ethyl adjacent to an activating group) is 1. The monoisotopic (exact) mass is 353 g/mol. The lowest BCUT2D eigenvalue weighted by Gasteiger charge is -2.33. The average Bonchev–Trinajstić information content (AvgIpc) is 2.59. The molecule has 1 aromatic heterocycles. The molecule has 3 rings (SSSR count). The zero-order valence-electron chi connectivity index (χ0n) is 13.6. The number of nitrogens with zero attached hydrogens (tertiary/aromatic N) is 3. The second kappa shape index (κ2) is 6.15. The Morgan fingerprint density at radius 2 is 1.79 bits per heavy atom. The van der Waals surface area contributed by atoms with E-state index in [0.29, 0.717) is 31.7 Å². The number of fused-ring (bicyclic) bond motifs is 1. The van der Waals surface area contributed by atoms with Gasteiger partial charge in [0, 0.05) is 33.2 Å². The molecule has 9 heteroatoms. The first-order valence-corrected chi connectivity index (χ1v) is 9.15. The molecule has 2 aromatic rings. The van der Waals surface area contributed by atoms with Crippen molar-refractivity contribution in [3.05, 3.63) is 39.2 Å². The molecule has 0 N–H and O–H groups in total. The molecule has 24 heavy (non-hydrogen) atoms. The number of rotatable bonds is 3. The van der Waals surface area contributed by atoms with Gasteiger partial charge in [0.2, 0.25) is 10.0 Å². The third kappa shape index (κ3) is 2.79. The molecule has 1 aliphatic rings. The van der Waals surface area contributed by atoms with Gasteiger partial charge < -0.3 is 9.32 Å². The van der Waals surface area contributed by atoms with Gasteiger partial charge in [0.1, 0.15) is 0 Å². The highest BCUT2D eigenvalue weighted by Crippen LogP contribution is 2.20. The number of aromatic nitrogens is 1. The van der Waals surface area contributed by atoms with Crippen molar-refractivity contribution in [2.45, 2.75) is 11.8 Å². The molecular weight excluding hydrogens is 334 g/mol. The normalized spacial score (nSPS) is 17.4. The second-order valence-corrected chi connectivity index (χ2v) is 7.67. The smallest absolute Gasteiger partial charge is 0.372 e. The summed E-state index contributed by atoms with van der Waals surface area (Å²) in [6.45, 7) is 5.11. The summed E-state index contributed by atoms with van der Waals surface area (Å²) in [4.78, 5) is 25.6. The Morgan fingerprint density at radius 1 is 1.12 bits per heavy atom. The van der Waals surface area contributed by atoms with Crippen LogP contribution in [0.2, 0.25) is 0 Å². The van der Waals surface area contributed by atoms with Gasteiger partial charge in [-0.2, -0.15) is 4.31 Å². The summed E-state index contributed by atoms with van der Waals surface area (Å²) in [6, 6.07) is 4.16. The molecule has 0 radical (unpaired) electrons. The van der Waals surface area contributed by atoms with Crippen molar-refractivity contribution in [2.24, 2.45) is 7.05 Å². The van der Waals surface area contributed by atoms with Crippen molar-refractivity contribution >= 4 is 20.9 Å². The molecule has 1 fully saturated rings. The van der Waals surface area contributed by atoms with Crippen molar-refractivity contribution < 1.29 is 12.8 Å². The maximum absolute atomic E-state index is 12.8. The van der Waals surface area contributed by atoms with Gasteiger partial charge >= 0.3 is 11.4 Å². The average molecular weight is 353 g/mol. The van der Waals surface area contributed by atoms with E-state index in [2.05, 4.69) is 9.32 Å². The fourth-order valence-electron chi connectivity index (χ4n) is 2.87. The van der Waals surface area contributed by atoms with Crippen LogP contribution in [-0.4, -0.2) is 54.9 Å². The highest BCUT2D eigenvalue weighted by molar-refractivity contribution is 7.89. The standard InChI is InChI=1S/C15H19N3O5S/c1-3-17-6-8-18(9-7-17)24(21,22)11-4-5-13-12(10-11)14(19)23-15(20)16(13)2/h4-5,10H,3,6-9H2,1-2H3. The van der Waals surface area contributed by atoms with Crippen LogP contribution in [0.1, 0.15) is 6.92 Å². The summed E-state index contributed by atoms with van der Waals surface area (Å²) < 4.78 is 32.8. The van der Waals surface area contributed by atoms with E-state index in [4.69, 9.17) is 0 Å². The van der Waals surface area contributed by atoms with Gasteiger partial charge in [0.25, 0.3) is 0 Å². The van der Waals surface area contributed by atoms with Crippen LogP contribution in [-0.2, 0) is 17.1 Å². The maximum Gasteiger partial charge on any atom is 0.422 e. The van der Waals surface area contributed by atoms with Crippen LogP contribution < -0.4 is 11.4 Å². The molecule has 1 aliphatic heterocycles. The van der Waals surface area contributed by atoms with E-state index >= 15 is 0 Å². The Labute approximate surface area is 138 Å². The van der Waals surface area contributed by atoms with E-state index in [1.165, 1.54) is 34.1 Å². The first-order chi connectivity index (χ1) is 11.3. The van der Waals surface area contributed by atoms with Crippen molar-refractivity contribution in [3.63, 3.8) is 0 Å². The Balaban J connectivity index is 2.03. The second-order valence-electron chi connectivity index (χ2n) is 5.73. The summed E-state index contributed by atoms with van der Waals surface area (Å²) in [5.74, 6) is -0.779. The molecule has 1 aromatic carbocycles. The molecule has 0 spiro atoms. The minimum absolute atomic E-state index is 0.0332. The summed E-state index contributed by atoms with van der Waals surface area (Å²) in [5, 5.41) is 0.0744. The topological polar surface area (TPSA) is 92.8 Å². The minimum atomic E-state index is -3.69. The van der Waals surface area contributed by atoms with E-state index in [-0.39, 0.29) is 10.3 Å². The summed E-state index contributed by atoms with van der Waals surface area (Å²) in [5.41, 5.74) is -0.494. The highest BCUT2D eigenvalue weighted by Gasteiger charge is 2.28. The number of benzene rings is 1. The molecule has 0 bridgehead atoms. The molecule has 0 unspecified atom stereocenters. The van der Waals surface area contributed by atoms with E-state index in [0.717, 1.165) is 6.54 Å². The first kappa shape index (κ1) is 16.9. The van der Waals surface area contributed by atoms with Gasteiger partial charge in [-0.25, -0.2) is 18.0 Å². The fourth-order valence-corrected chi connectivity index (χ4v) is 4.32. The molecular formula is C15H19N3O5S. The van der Waals surface area contributed by atoms with Gasteiger partial charge in [-0.05, 0) is 24.7 Å². The lowest BCUT2D eigenvalue weighted by atomic mass is 10.2. The molecule has 0 saturated carbocycles. The zero-order valence-corrected chi connectivity index (χ0v) is 14.4. The van der Waals surface area contributed by atoms with E-state index in [1.807, 2.05) is 6.92 Å². The quantitative estimate of drug-likeness (QED) is 0.760. The molecule has 0 atom stereocenters. The van der Waals surface area contributed by atoms with Crippen LogP contribution in [0, 0.1) is 0 Å². The van der Waals surface area contributed by atoms with Crippen molar-refractivity contribution in [2.75, 3.05) is 32.7 Å². The van der Waals surface area contributed by atoms with Crippen LogP contribution in [0.5, 0.6) is 0 Å². The number of hydrogen-bond donors (Lipinski definition) is 0. The van der Waals surface area contributed by atoms with Crippen LogP contribution in [0.15, 0.2) is 37.1 Å². The number of sulfonamides is 1. The molecule has 8 nitrogen and oxygen atoms in total. The third-order valence-corrected chi connectivity index (χ3v) is 6.31. The number of hydrogen-bond acceptors (Lipinski definition) is 6. The zero-order chi connectivity index (χ0) is 17.5. The van der Waals surface area contributed by atoms with Gasteiger partial charge in [0.15, 0.2) is 0 Å². The van der Waals surface area contributed by atoms with Gasteiger partial charge in [-0.3, -0.25) is 4.57 Å².